The first kappa shape index (κ1) is 16.7. The van der Waals surface area contributed by atoms with Gasteiger partial charge in [-0.2, -0.15) is 0 Å². The standard InChI is InChI=1S/C18H28N6O/c25-17(21-15-4-1-8-23-9-2-5-16(15)23)14-22-10-12-24(13-11-22)18-19-6-3-7-20-18/h3,6-7,15-16H,1-2,4-5,8-14H2,(H,21,25)/t15-,16-/m0/s1. The maximum absolute atomic E-state index is 12.5. The molecule has 7 nitrogen and oxygen atoms in total. The molecular formula is C18H28N6O. The molecule has 1 N–H and O–H groups in total. The number of nitrogens with one attached hydrogen (secondary N) is 1. The molecule has 136 valence electrons. The topological polar surface area (TPSA) is 64.6 Å². The van der Waals surface area contributed by atoms with Crippen LogP contribution >= 0.6 is 0 Å². The summed E-state index contributed by atoms with van der Waals surface area (Å²) in [5.74, 6) is 0.971. The van der Waals surface area contributed by atoms with Gasteiger partial charge in [-0.05, 0) is 44.8 Å². The van der Waals surface area contributed by atoms with E-state index in [1.165, 1.54) is 32.4 Å². The van der Waals surface area contributed by atoms with Gasteiger partial charge in [-0.25, -0.2) is 9.97 Å². The van der Waals surface area contributed by atoms with E-state index in [1.54, 1.807) is 12.4 Å². The number of fused-ring (bicyclic) bond motifs is 1. The molecule has 4 rings (SSSR count). The molecule has 25 heavy (non-hydrogen) atoms. The van der Waals surface area contributed by atoms with Crippen LogP contribution in [0.4, 0.5) is 5.95 Å². The van der Waals surface area contributed by atoms with Crippen LogP contribution in [-0.2, 0) is 4.79 Å². The van der Waals surface area contributed by atoms with Crippen molar-refractivity contribution in [2.24, 2.45) is 0 Å². The van der Waals surface area contributed by atoms with Gasteiger partial charge < -0.3 is 10.2 Å². The van der Waals surface area contributed by atoms with Gasteiger partial charge in [0.15, 0.2) is 0 Å². The Morgan fingerprint density at radius 2 is 1.76 bits per heavy atom. The number of nitrogens with zero attached hydrogens (tertiary/aromatic N) is 5. The third-order valence-corrected chi connectivity index (χ3v) is 5.76. The molecule has 1 amide bonds. The third-order valence-electron chi connectivity index (χ3n) is 5.76. The molecule has 3 aliphatic rings. The number of carbonyl (C=O) groups excluding carboxylic acids is 1. The molecule has 0 spiro atoms. The smallest absolute Gasteiger partial charge is 0.234 e. The Labute approximate surface area is 149 Å². The highest BCUT2D eigenvalue weighted by Crippen LogP contribution is 2.27. The first-order chi connectivity index (χ1) is 12.3. The van der Waals surface area contributed by atoms with Crippen LogP contribution in [0, 0.1) is 0 Å². The van der Waals surface area contributed by atoms with Gasteiger partial charge in [-0.3, -0.25) is 14.6 Å². The molecule has 4 heterocycles. The quantitative estimate of drug-likeness (QED) is 0.850. The predicted molar refractivity (Wildman–Crippen MR) is 96.4 cm³/mol. The lowest BCUT2D eigenvalue weighted by molar-refractivity contribution is -0.123. The average Bonchev–Trinajstić information content (AvgIpc) is 3.13. The van der Waals surface area contributed by atoms with Gasteiger partial charge in [-0.1, -0.05) is 0 Å². The fourth-order valence-corrected chi connectivity index (χ4v) is 4.48. The number of hydrogen-bond donors (Lipinski definition) is 1. The van der Waals surface area contributed by atoms with Crippen molar-refractivity contribution in [3.05, 3.63) is 18.5 Å². The van der Waals surface area contributed by atoms with Crippen LogP contribution in [0.15, 0.2) is 18.5 Å². The Morgan fingerprint density at radius 1 is 1.04 bits per heavy atom. The van der Waals surface area contributed by atoms with Crippen LogP contribution in [0.3, 0.4) is 0 Å². The second kappa shape index (κ2) is 7.66. The summed E-state index contributed by atoms with van der Waals surface area (Å²) in [7, 11) is 0. The molecular weight excluding hydrogens is 316 g/mol. The third kappa shape index (κ3) is 3.93. The molecule has 3 saturated heterocycles. The molecule has 0 radical (unpaired) electrons. The van der Waals surface area contributed by atoms with Gasteiger partial charge in [0.2, 0.25) is 11.9 Å². The van der Waals surface area contributed by atoms with Gasteiger partial charge in [0, 0.05) is 50.7 Å². The Balaban J connectivity index is 1.24. The molecule has 0 unspecified atom stereocenters. The van der Waals surface area contributed by atoms with Gasteiger partial charge in [0.25, 0.3) is 0 Å². The molecule has 1 aromatic rings. The van der Waals surface area contributed by atoms with E-state index in [9.17, 15) is 4.79 Å². The molecule has 7 heteroatoms. The number of anilines is 1. The Bertz CT molecular complexity index is 574. The van der Waals surface area contributed by atoms with Crippen molar-refractivity contribution in [3.8, 4) is 0 Å². The molecule has 0 saturated carbocycles. The fourth-order valence-electron chi connectivity index (χ4n) is 4.48. The zero-order valence-electron chi connectivity index (χ0n) is 14.8. The van der Waals surface area contributed by atoms with E-state index in [-0.39, 0.29) is 5.91 Å². The minimum absolute atomic E-state index is 0.183. The van der Waals surface area contributed by atoms with Crippen molar-refractivity contribution in [2.75, 3.05) is 50.7 Å². The van der Waals surface area contributed by atoms with Crippen LogP contribution in [0.2, 0.25) is 0 Å². The van der Waals surface area contributed by atoms with Crippen LogP contribution in [0.5, 0.6) is 0 Å². The SMILES string of the molecule is O=C(CN1CCN(c2ncccn2)CC1)N[C@H]1CCCN2CCC[C@@H]12. The maximum atomic E-state index is 12.5. The number of carbonyl (C=O) groups is 1. The van der Waals surface area contributed by atoms with Crippen LogP contribution in [0.25, 0.3) is 0 Å². The number of piperazine rings is 1. The summed E-state index contributed by atoms with van der Waals surface area (Å²) in [5.41, 5.74) is 0. The van der Waals surface area contributed by atoms with Crippen molar-refractivity contribution < 1.29 is 4.79 Å². The molecule has 0 aromatic carbocycles. The molecule has 1 aromatic heterocycles. The maximum Gasteiger partial charge on any atom is 0.234 e. The zero-order chi connectivity index (χ0) is 17.1. The van der Waals surface area contributed by atoms with Crippen molar-refractivity contribution in [1.82, 2.24) is 25.1 Å². The number of aromatic nitrogens is 2. The van der Waals surface area contributed by atoms with Crippen molar-refractivity contribution in [1.29, 1.82) is 0 Å². The number of piperidine rings is 1. The van der Waals surface area contributed by atoms with E-state index >= 15 is 0 Å². The van der Waals surface area contributed by atoms with E-state index in [4.69, 9.17) is 0 Å². The van der Waals surface area contributed by atoms with Gasteiger partial charge in [-0.15, -0.1) is 0 Å². The Hall–Kier alpha value is -1.73. The van der Waals surface area contributed by atoms with E-state index in [0.717, 1.165) is 38.5 Å². The first-order valence-electron chi connectivity index (χ1n) is 9.57. The molecule has 0 aliphatic carbocycles. The van der Waals surface area contributed by atoms with Gasteiger partial charge in [0.05, 0.1) is 6.54 Å². The van der Waals surface area contributed by atoms with Crippen molar-refractivity contribution >= 4 is 11.9 Å². The summed E-state index contributed by atoms with van der Waals surface area (Å²) >= 11 is 0. The summed E-state index contributed by atoms with van der Waals surface area (Å²) in [6.45, 7) is 6.43. The van der Waals surface area contributed by atoms with Gasteiger partial charge in [0.1, 0.15) is 0 Å². The second-order valence-electron chi connectivity index (χ2n) is 7.37. The zero-order valence-corrected chi connectivity index (χ0v) is 14.8. The summed E-state index contributed by atoms with van der Waals surface area (Å²) < 4.78 is 0. The Kier molecular flexibility index (Phi) is 5.12. The average molecular weight is 344 g/mol. The minimum Gasteiger partial charge on any atom is -0.351 e. The highest BCUT2D eigenvalue weighted by Gasteiger charge is 2.35. The largest absolute Gasteiger partial charge is 0.351 e. The summed E-state index contributed by atoms with van der Waals surface area (Å²) in [6.07, 6.45) is 8.40. The summed E-state index contributed by atoms with van der Waals surface area (Å²) in [4.78, 5) is 28.1. The number of hydrogen-bond acceptors (Lipinski definition) is 6. The van der Waals surface area contributed by atoms with Gasteiger partial charge >= 0.3 is 0 Å². The molecule has 0 bridgehead atoms. The molecule has 3 aliphatic heterocycles. The lowest BCUT2D eigenvalue weighted by atomic mass is 9.96. The number of rotatable bonds is 4. The van der Waals surface area contributed by atoms with Crippen molar-refractivity contribution in [3.63, 3.8) is 0 Å². The first-order valence-corrected chi connectivity index (χ1v) is 9.57. The molecule has 2 atom stereocenters. The fraction of sp³-hybridized carbons (Fsp3) is 0.722. The minimum atomic E-state index is 0.183. The lowest BCUT2D eigenvalue weighted by Crippen LogP contribution is -2.55. The van der Waals surface area contributed by atoms with E-state index in [0.29, 0.717) is 18.6 Å². The van der Waals surface area contributed by atoms with Crippen LogP contribution in [0.1, 0.15) is 25.7 Å². The van der Waals surface area contributed by atoms with Crippen LogP contribution < -0.4 is 10.2 Å². The lowest BCUT2D eigenvalue weighted by Gasteiger charge is -2.38. The Morgan fingerprint density at radius 3 is 2.52 bits per heavy atom. The van der Waals surface area contributed by atoms with E-state index in [2.05, 4.69) is 30.0 Å². The second-order valence-corrected chi connectivity index (χ2v) is 7.37. The van der Waals surface area contributed by atoms with Crippen LogP contribution in [-0.4, -0.2) is 83.6 Å². The highest BCUT2D eigenvalue weighted by molar-refractivity contribution is 5.78. The monoisotopic (exact) mass is 344 g/mol. The highest BCUT2D eigenvalue weighted by atomic mass is 16.2. The van der Waals surface area contributed by atoms with Crippen molar-refractivity contribution in [2.45, 2.75) is 37.8 Å². The number of amides is 1. The summed E-state index contributed by atoms with van der Waals surface area (Å²) in [6, 6.07) is 2.76. The normalized spacial score (nSPS) is 27.9. The van der Waals surface area contributed by atoms with E-state index in [1.807, 2.05) is 6.07 Å². The molecule has 3 fully saturated rings. The summed E-state index contributed by atoms with van der Waals surface area (Å²) in [5, 5.41) is 3.32. The predicted octanol–water partition coefficient (Wildman–Crippen LogP) is 0.342. The van der Waals surface area contributed by atoms with E-state index < -0.39 is 0 Å².